The molecule has 33 heavy (non-hydrogen) atoms. The molecule has 2 heterocycles. The number of nitrogens with zero attached hydrogens (tertiary/aromatic N) is 3. The van der Waals surface area contributed by atoms with E-state index in [4.69, 9.17) is 10.1 Å². The van der Waals surface area contributed by atoms with Gasteiger partial charge in [0.2, 0.25) is 16.0 Å². The molecule has 1 fully saturated rings. The number of nitrogens with one attached hydrogen (secondary N) is 4. The molecule has 1 aliphatic rings. The fourth-order valence-electron chi connectivity index (χ4n) is 3.37. The van der Waals surface area contributed by atoms with Crippen molar-refractivity contribution in [3.05, 3.63) is 42.4 Å². The first-order valence-electron chi connectivity index (χ1n) is 10.4. The first kappa shape index (κ1) is 22.5. The Hall–Kier alpha value is -3.67. The highest BCUT2D eigenvalue weighted by Gasteiger charge is 2.29. The van der Waals surface area contributed by atoms with Crippen molar-refractivity contribution in [1.82, 2.24) is 25.3 Å². The summed E-state index contributed by atoms with van der Waals surface area (Å²) in [6.45, 7) is 2.05. The maximum atomic E-state index is 11.7. The van der Waals surface area contributed by atoms with Crippen LogP contribution in [0.2, 0.25) is 0 Å². The van der Waals surface area contributed by atoms with E-state index in [-0.39, 0.29) is 6.04 Å². The fraction of sp³-hybridized carbons (Fsp3) is 0.333. The number of hydrogen-bond donors (Lipinski definition) is 5. The Bertz CT molecular complexity index is 1270. The third-order valence-electron chi connectivity index (χ3n) is 4.97. The fourth-order valence-corrected chi connectivity index (χ4v) is 3.92. The van der Waals surface area contributed by atoms with Gasteiger partial charge in [-0.25, -0.2) is 28.2 Å². The summed E-state index contributed by atoms with van der Waals surface area (Å²) in [5, 5.41) is 14.2. The second kappa shape index (κ2) is 9.06. The van der Waals surface area contributed by atoms with Crippen LogP contribution in [0.25, 0.3) is 22.6 Å². The minimum absolute atomic E-state index is 0.318. The molecule has 1 aliphatic carbocycles. The van der Waals surface area contributed by atoms with Crippen LogP contribution >= 0.6 is 0 Å². The number of carboxylic acid groups (broad SMARTS) is 1. The Morgan fingerprint density at radius 2 is 2.06 bits per heavy atom. The first-order valence-corrected chi connectivity index (χ1v) is 12.3. The van der Waals surface area contributed by atoms with Crippen molar-refractivity contribution in [1.29, 1.82) is 0 Å². The number of amides is 1. The molecule has 11 nitrogen and oxygen atoms in total. The van der Waals surface area contributed by atoms with Crippen molar-refractivity contribution < 1.29 is 18.3 Å². The molecule has 1 amide bonds. The summed E-state index contributed by atoms with van der Waals surface area (Å²) in [6.07, 6.45) is 3.75. The lowest BCUT2D eigenvalue weighted by Gasteiger charge is -2.12. The van der Waals surface area contributed by atoms with E-state index in [2.05, 4.69) is 30.3 Å². The number of benzene rings is 1. The first-order chi connectivity index (χ1) is 15.7. The van der Waals surface area contributed by atoms with Crippen molar-refractivity contribution >= 4 is 27.8 Å². The van der Waals surface area contributed by atoms with Gasteiger partial charge in [0.1, 0.15) is 5.82 Å². The molecule has 1 atom stereocenters. The number of carbonyl (C=O) groups is 1. The van der Waals surface area contributed by atoms with Crippen LogP contribution in [-0.2, 0) is 10.0 Å². The zero-order valence-corrected chi connectivity index (χ0v) is 19.0. The zero-order chi connectivity index (χ0) is 23.6. The van der Waals surface area contributed by atoms with Gasteiger partial charge in [0.25, 0.3) is 0 Å². The van der Waals surface area contributed by atoms with Gasteiger partial charge in [-0.2, -0.15) is 0 Å². The van der Waals surface area contributed by atoms with E-state index < -0.39 is 16.1 Å². The quantitative estimate of drug-likeness (QED) is 0.318. The van der Waals surface area contributed by atoms with Crippen LogP contribution in [0.4, 0.5) is 16.4 Å². The molecule has 174 valence electrons. The summed E-state index contributed by atoms with van der Waals surface area (Å²) in [6, 6.07) is 8.47. The number of sulfonamides is 1. The predicted octanol–water partition coefficient (Wildman–Crippen LogP) is 2.85. The van der Waals surface area contributed by atoms with Crippen LogP contribution in [0.1, 0.15) is 31.5 Å². The largest absolute Gasteiger partial charge is 0.465 e. The molecular formula is C21H25N7O4S. The maximum Gasteiger partial charge on any atom is 0.404 e. The van der Waals surface area contributed by atoms with E-state index in [1.54, 1.807) is 37.4 Å². The van der Waals surface area contributed by atoms with Crippen LogP contribution in [0.15, 0.2) is 36.5 Å². The van der Waals surface area contributed by atoms with Gasteiger partial charge >= 0.3 is 6.09 Å². The van der Waals surface area contributed by atoms with Gasteiger partial charge in [-0.15, -0.1) is 0 Å². The van der Waals surface area contributed by atoms with Crippen LogP contribution in [-0.4, -0.2) is 58.4 Å². The Kier molecular flexibility index (Phi) is 6.18. The van der Waals surface area contributed by atoms with Crippen LogP contribution in [0.5, 0.6) is 0 Å². The second-order valence-corrected chi connectivity index (χ2v) is 9.82. The molecular weight excluding hydrogens is 446 g/mol. The zero-order valence-electron chi connectivity index (χ0n) is 18.2. The molecule has 1 saturated carbocycles. The molecule has 1 aromatic carbocycles. The van der Waals surface area contributed by atoms with E-state index in [9.17, 15) is 13.2 Å². The number of aromatic amines is 1. The summed E-state index contributed by atoms with van der Waals surface area (Å²) in [4.78, 5) is 27.8. The highest BCUT2D eigenvalue weighted by atomic mass is 32.2. The van der Waals surface area contributed by atoms with E-state index in [0.29, 0.717) is 41.2 Å². The molecule has 3 aromatic rings. The summed E-state index contributed by atoms with van der Waals surface area (Å²) >= 11 is 0. The minimum Gasteiger partial charge on any atom is -0.465 e. The molecule has 0 saturated heterocycles. The summed E-state index contributed by atoms with van der Waals surface area (Å²) in [5.74, 6) is 1.60. The van der Waals surface area contributed by atoms with Gasteiger partial charge < -0.3 is 20.7 Å². The average Bonchev–Trinajstić information content (AvgIpc) is 3.49. The monoisotopic (exact) mass is 471 g/mol. The lowest BCUT2D eigenvalue weighted by Crippen LogP contribution is -2.36. The normalized spacial score (nSPS) is 14.5. The standard InChI is InChI=1S/C21H25N7O4S/c1-12(24-21(29)30)11-23-20-22-9-8-16(25-20)18-17(26-19(27-18)13-6-7-13)14-4-3-5-15(10-14)28-33(2,31)32/h3-5,8-10,12-13,24,28H,6-7,11H2,1-2H3,(H,26,27)(H,29,30)(H,22,23,25). The van der Waals surface area contributed by atoms with E-state index in [0.717, 1.165) is 30.5 Å². The van der Waals surface area contributed by atoms with Gasteiger partial charge in [0.15, 0.2) is 0 Å². The molecule has 5 N–H and O–H groups in total. The number of anilines is 2. The molecule has 2 aromatic heterocycles. The minimum atomic E-state index is -3.41. The smallest absolute Gasteiger partial charge is 0.404 e. The summed E-state index contributed by atoms with van der Waals surface area (Å²) < 4.78 is 25.8. The van der Waals surface area contributed by atoms with Crippen molar-refractivity contribution in [3.63, 3.8) is 0 Å². The SMILES string of the molecule is CC(CNc1nccc(-c2[nH]c(C3CC3)nc2-c2cccc(NS(C)(=O)=O)c2)n1)NC(=O)O. The molecule has 4 rings (SSSR count). The number of rotatable bonds is 9. The Balaban J connectivity index is 1.65. The summed E-state index contributed by atoms with van der Waals surface area (Å²) in [5.41, 5.74) is 3.17. The molecule has 12 heteroatoms. The van der Waals surface area contributed by atoms with Gasteiger partial charge in [-0.05, 0) is 38.0 Å². The van der Waals surface area contributed by atoms with Gasteiger partial charge in [0.05, 0.1) is 23.3 Å². The van der Waals surface area contributed by atoms with Crippen LogP contribution < -0.4 is 15.4 Å². The number of H-pyrrole nitrogens is 1. The van der Waals surface area contributed by atoms with E-state index >= 15 is 0 Å². The molecule has 0 spiro atoms. The Labute approximate surface area is 191 Å². The summed E-state index contributed by atoms with van der Waals surface area (Å²) in [7, 11) is -3.41. The van der Waals surface area contributed by atoms with Crippen LogP contribution in [0, 0.1) is 0 Å². The van der Waals surface area contributed by atoms with E-state index in [1.807, 2.05) is 6.07 Å². The number of imidazole rings is 1. The maximum absolute atomic E-state index is 11.7. The molecule has 0 radical (unpaired) electrons. The Morgan fingerprint density at radius 3 is 2.76 bits per heavy atom. The highest BCUT2D eigenvalue weighted by molar-refractivity contribution is 7.92. The van der Waals surface area contributed by atoms with Crippen molar-refractivity contribution in [2.24, 2.45) is 0 Å². The predicted molar refractivity (Wildman–Crippen MR) is 125 cm³/mol. The molecule has 0 bridgehead atoms. The number of hydrogen-bond acceptors (Lipinski definition) is 7. The number of aromatic nitrogens is 4. The van der Waals surface area contributed by atoms with Crippen molar-refractivity contribution in [2.45, 2.75) is 31.7 Å². The third-order valence-corrected chi connectivity index (χ3v) is 5.58. The van der Waals surface area contributed by atoms with Crippen LogP contribution in [0.3, 0.4) is 0 Å². The lowest BCUT2D eigenvalue weighted by molar-refractivity contribution is 0.191. The topological polar surface area (TPSA) is 162 Å². The van der Waals surface area contributed by atoms with Gasteiger partial charge in [-0.1, -0.05) is 12.1 Å². The van der Waals surface area contributed by atoms with Crippen molar-refractivity contribution in [2.75, 3.05) is 22.8 Å². The van der Waals surface area contributed by atoms with Gasteiger partial charge in [0, 0.05) is 36.0 Å². The molecule has 1 unspecified atom stereocenters. The Morgan fingerprint density at radius 1 is 1.27 bits per heavy atom. The average molecular weight is 472 g/mol. The molecule has 0 aliphatic heterocycles. The third kappa shape index (κ3) is 5.98. The second-order valence-electron chi connectivity index (χ2n) is 8.07. The lowest BCUT2D eigenvalue weighted by atomic mass is 10.1. The van der Waals surface area contributed by atoms with Gasteiger partial charge in [-0.3, -0.25) is 4.72 Å². The van der Waals surface area contributed by atoms with E-state index in [1.165, 1.54) is 0 Å². The van der Waals surface area contributed by atoms with Crippen molar-refractivity contribution in [3.8, 4) is 22.6 Å². The highest BCUT2D eigenvalue weighted by Crippen LogP contribution is 2.41.